The molecule has 1 unspecified atom stereocenters. The molecule has 1 aliphatic rings. The van der Waals surface area contributed by atoms with Gasteiger partial charge in [0.15, 0.2) is 0 Å². The molecular formula is C10H17N5O. The minimum absolute atomic E-state index is 0.421. The lowest BCUT2D eigenvalue weighted by atomic mass is 10.0. The van der Waals surface area contributed by atoms with Crippen LogP contribution in [0.1, 0.15) is 12.8 Å². The highest BCUT2D eigenvalue weighted by atomic mass is 16.5. The Kier molecular flexibility index (Phi) is 3.90. The maximum atomic E-state index is 5.41. The number of nitrogens with one attached hydrogen (secondary N) is 2. The van der Waals surface area contributed by atoms with E-state index in [0.717, 1.165) is 32.0 Å². The maximum absolute atomic E-state index is 5.41. The van der Waals surface area contributed by atoms with Crippen molar-refractivity contribution in [3.05, 3.63) is 12.3 Å². The molecule has 0 aliphatic carbocycles. The molecule has 16 heavy (non-hydrogen) atoms. The number of aromatic nitrogens is 2. The maximum Gasteiger partial charge on any atom is 0.239 e. The van der Waals surface area contributed by atoms with E-state index < -0.39 is 0 Å². The number of nitrogens with zero attached hydrogens (tertiary/aromatic N) is 2. The second-order valence-corrected chi connectivity index (χ2v) is 3.87. The molecule has 1 aromatic heterocycles. The van der Waals surface area contributed by atoms with Crippen LogP contribution in [0.15, 0.2) is 12.3 Å². The van der Waals surface area contributed by atoms with E-state index in [2.05, 4.69) is 20.7 Å². The fraction of sp³-hybridized carbons (Fsp3) is 0.600. The molecule has 0 amide bonds. The fourth-order valence-electron chi connectivity index (χ4n) is 1.74. The summed E-state index contributed by atoms with van der Waals surface area (Å²) < 4.78 is 5.41. The Morgan fingerprint density at radius 3 is 3.25 bits per heavy atom. The summed E-state index contributed by atoms with van der Waals surface area (Å²) in [5, 5.41) is 3.26. The number of hydrazine groups is 1. The third kappa shape index (κ3) is 3.04. The standard InChI is InChI=1S/C10H17N5O/c11-15-10-12-4-3-9(14-10)13-6-8-2-1-5-16-7-8/h3-4,8H,1-2,5-7,11H2,(H2,12,13,14,15). The number of hydrogen-bond acceptors (Lipinski definition) is 6. The van der Waals surface area contributed by atoms with E-state index in [-0.39, 0.29) is 0 Å². The molecule has 0 spiro atoms. The Morgan fingerprint density at radius 1 is 1.56 bits per heavy atom. The second kappa shape index (κ2) is 5.62. The minimum atomic E-state index is 0.421. The summed E-state index contributed by atoms with van der Waals surface area (Å²) in [4.78, 5) is 8.12. The van der Waals surface area contributed by atoms with Gasteiger partial charge < -0.3 is 10.1 Å². The van der Waals surface area contributed by atoms with E-state index in [4.69, 9.17) is 10.6 Å². The van der Waals surface area contributed by atoms with E-state index in [1.165, 1.54) is 6.42 Å². The van der Waals surface area contributed by atoms with Crippen LogP contribution in [0.25, 0.3) is 0 Å². The Labute approximate surface area is 94.6 Å². The van der Waals surface area contributed by atoms with E-state index >= 15 is 0 Å². The SMILES string of the molecule is NNc1nccc(NCC2CCCOC2)n1. The van der Waals surface area contributed by atoms with E-state index in [1.807, 2.05) is 6.07 Å². The van der Waals surface area contributed by atoms with Gasteiger partial charge in [0.05, 0.1) is 6.61 Å². The van der Waals surface area contributed by atoms with Crippen LogP contribution in [-0.2, 0) is 4.74 Å². The predicted molar refractivity (Wildman–Crippen MR) is 61.9 cm³/mol. The molecule has 1 fully saturated rings. The molecule has 0 radical (unpaired) electrons. The highest BCUT2D eigenvalue weighted by Gasteiger charge is 2.13. The summed E-state index contributed by atoms with van der Waals surface area (Å²) in [5.74, 6) is 7.01. The number of hydrogen-bond donors (Lipinski definition) is 3. The van der Waals surface area contributed by atoms with Crippen molar-refractivity contribution in [3.8, 4) is 0 Å². The van der Waals surface area contributed by atoms with E-state index in [9.17, 15) is 0 Å². The zero-order valence-electron chi connectivity index (χ0n) is 9.15. The van der Waals surface area contributed by atoms with Gasteiger partial charge in [0.25, 0.3) is 0 Å². The summed E-state index contributed by atoms with van der Waals surface area (Å²) in [5.41, 5.74) is 2.42. The van der Waals surface area contributed by atoms with Crippen LogP contribution in [0, 0.1) is 5.92 Å². The van der Waals surface area contributed by atoms with E-state index in [1.54, 1.807) is 6.20 Å². The summed E-state index contributed by atoms with van der Waals surface area (Å²) in [7, 11) is 0. The van der Waals surface area contributed by atoms with Gasteiger partial charge in [-0.3, -0.25) is 5.43 Å². The molecule has 0 bridgehead atoms. The average Bonchev–Trinajstić information content (AvgIpc) is 2.38. The number of ether oxygens (including phenoxy) is 1. The van der Waals surface area contributed by atoms with Crippen LogP contribution >= 0.6 is 0 Å². The summed E-state index contributed by atoms with van der Waals surface area (Å²) in [6, 6.07) is 1.82. The first-order valence-corrected chi connectivity index (χ1v) is 5.50. The van der Waals surface area contributed by atoms with Crippen LogP contribution < -0.4 is 16.6 Å². The van der Waals surface area contributed by atoms with Crippen molar-refractivity contribution >= 4 is 11.8 Å². The molecule has 1 atom stereocenters. The van der Waals surface area contributed by atoms with Crippen molar-refractivity contribution in [1.82, 2.24) is 9.97 Å². The molecule has 6 nitrogen and oxygen atoms in total. The molecule has 2 heterocycles. The number of nitrogens with two attached hydrogens (primary N) is 1. The minimum Gasteiger partial charge on any atom is -0.381 e. The molecule has 1 aliphatic heterocycles. The van der Waals surface area contributed by atoms with Gasteiger partial charge >= 0.3 is 0 Å². The van der Waals surface area contributed by atoms with Crippen molar-refractivity contribution in [2.75, 3.05) is 30.5 Å². The number of anilines is 2. The lowest BCUT2D eigenvalue weighted by Gasteiger charge is -2.22. The predicted octanol–water partition coefficient (Wildman–Crippen LogP) is 0.601. The number of rotatable bonds is 4. The topological polar surface area (TPSA) is 85.1 Å². The van der Waals surface area contributed by atoms with Gasteiger partial charge in [-0.15, -0.1) is 0 Å². The van der Waals surface area contributed by atoms with Crippen molar-refractivity contribution in [2.24, 2.45) is 11.8 Å². The zero-order chi connectivity index (χ0) is 11.2. The van der Waals surface area contributed by atoms with Gasteiger partial charge in [-0.2, -0.15) is 4.98 Å². The smallest absolute Gasteiger partial charge is 0.239 e. The fourth-order valence-corrected chi connectivity index (χ4v) is 1.74. The van der Waals surface area contributed by atoms with Crippen LogP contribution in [-0.4, -0.2) is 29.7 Å². The summed E-state index contributed by atoms with van der Waals surface area (Å²) in [6.45, 7) is 2.60. The van der Waals surface area contributed by atoms with Gasteiger partial charge in [-0.1, -0.05) is 0 Å². The van der Waals surface area contributed by atoms with Gasteiger partial charge in [-0.25, -0.2) is 10.8 Å². The molecule has 0 saturated carbocycles. The summed E-state index contributed by atoms with van der Waals surface area (Å²) in [6.07, 6.45) is 4.02. The van der Waals surface area contributed by atoms with Crippen LogP contribution in [0.4, 0.5) is 11.8 Å². The monoisotopic (exact) mass is 223 g/mol. The van der Waals surface area contributed by atoms with Gasteiger partial charge in [0, 0.05) is 19.3 Å². The Morgan fingerprint density at radius 2 is 2.50 bits per heavy atom. The first kappa shape index (κ1) is 11.1. The van der Waals surface area contributed by atoms with E-state index in [0.29, 0.717) is 11.9 Å². The third-order valence-electron chi connectivity index (χ3n) is 2.61. The number of nitrogen functional groups attached to an aromatic ring is 1. The zero-order valence-corrected chi connectivity index (χ0v) is 9.15. The quantitative estimate of drug-likeness (QED) is 0.512. The van der Waals surface area contributed by atoms with Crippen LogP contribution in [0.2, 0.25) is 0 Å². The Balaban J connectivity index is 1.83. The van der Waals surface area contributed by atoms with Crippen LogP contribution in [0.3, 0.4) is 0 Å². The van der Waals surface area contributed by atoms with Crippen molar-refractivity contribution in [1.29, 1.82) is 0 Å². The van der Waals surface area contributed by atoms with Crippen molar-refractivity contribution in [3.63, 3.8) is 0 Å². The highest BCUT2D eigenvalue weighted by Crippen LogP contribution is 2.14. The molecule has 4 N–H and O–H groups in total. The van der Waals surface area contributed by atoms with Gasteiger partial charge in [0.2, 0.25) is 5.95 Å². The summed E-state index contributed by atoms with van der Waals surface area (Å²) >= 11 is 0. The molecular weight excluding hydrogens is 206 g/mol. The van der Waals surface area contributed by atoms with Gasteiger partial charge in [0.1, 0.15) is 5.82 Å². The first-order chi connectivity index (χ1) is 7.88. The Hall–Kier alpha value is -1.40. The lowest BCUT2D eigenvalue weighted by Crippen LogP contribution is -2.24. The largest absolute Gasteiger partial charge is 0.381 e. The van der Waals surface area contributed by atoms with Crippen molar-refractivity contribution < 1.29 is 4.74 Å². The molecule has 88 valence electrons. The highest BCUT2D eigenvalue weighted by molar-refractivity contribution is 5.38. The van der Waals surface area contributed by atoms with Crippen LogP contribution in [0.5, 0.6) is 0 Å². The van der Waals surface area contributed by atoms with Crippen molar-refractivity contribution in [2.45, 2.75) is 12.8 Å². The van der Waals surface area contributed by atoms with Gasteiger partial charge in [-0.05, 0) is 24.8 Å². The molecule has 1 saturated heterocycles. The average molecular weight is 223 g/mol. The molecule has 0 aromatic carbocycles. The first-order valence-electron chi connectivity index (χ1n) is 5.50. The normalized spacial score (nSPS) is 20.4. The molecule has 2 rings (SSSR count). The Bertz CT molecular complexity index is 327. The molecule has 1 aromatic rings. The molecule has 6 heteroatoms. The lowest BCUT2D eigenvalue weighted by molar-refractivity contribution is 0.0595. The second-order valence-electron chi connectivity index (χ2n) is 3.87. The third-order valence-corrected chi connectivity index (χ3v) is 2.61.